The minimum Gasteiger partial charge on any atom is -0.388 e. The maximum atomic E-state index is 10.3. The van der Waals surface area contributed by atoms with E-state index >= 15 is 0 Å². The van der Waals surface area contributed by atoms with Crippen molar-refractivity contribution in [2.24, 2.45) is 5.92 Å². The largest absolute Gasteiger partial charge is 0.388 e. The summed E-state index contributed by atoms with van der Waals surface area (Å²) >= 11 is 0. The molecule has 1 aliphatic rings. The van der Waals surface area contributed by atoms with Crippen LogP contribution in [0.25, 0.3) is 0 Å². The van der Waals surface area contributed by atoms with Gasteiger partial charge in [-0.25, -0.2) is 0 Å². The molecule has 0 spiro atoms. The van der Waals surface area contributed by atoms with Crippen LogP contribution in [0.5, 0.6) is 0 Å². The molecule has 1 heterocycles. The van der Waals surface area contributed by atoms with Crippen LogP contribution < -0.4 is 5.32 Å². The zero-order valence-electron chi connectivity index (χ0n) is 12.4. The molecule has 2 N–H and O–H groups in total. The number of aliphatic hydroxyl groups is 1. The van der Waals surface area contributed by atoms with Crippen LogP contribution in [0.4, 0.5) is 0 Å². The van der Waals surface area contributed by atoms with Gasteiger partial charge in [0.25, 0.3) is 0 Å². The lowest BCUT2D eigenvalue weighted by atomic mass is 9.89. The summed E-state index contributed by atoms with van der Waals surface area (Å²) in [7, 11) is 0. The molecule has 1 aromatic rings. The van der Waals surface area contributed by atoms with E-state index in [1.54, 1.807) is 0 Å². The van der Waals surface area contributed by atoms with E-state index in [9.17, 15) is 5.11 Å². The van der Waals surface area contributed by atoms with Crippen LogP contribution in [-0.2, 0) is 0 Å². The first-order valence-electron chi connectivity index (χ1n) is 7.57. The van der Waals surface area contributed by atoms with E-state index in [0.29, 0.717) is 12.0 Å². The standard InChI is InChI=1S/C17H27NO/c1-12(2)14-4-6-15(7-5-14)17(19)11-16-10-13(3)8-9-18-16/h4-7,12-13,16-19H,8-11H2,1-3H3. The maximum absolute atomic E-state index is 10.3. The third-order valence-electron chi connectivity index (χ3n) is 4.25. The minimum absolute atomic E-state index is 0.344. The Balaban J connectivity index is 1.93. The van der Waals surface area contributed by atoms with E-state index in [1.807, 2.05) is 0 Å². The van der Waals surface area contributed by atoms with Crippen molar-refractivity contribution < 1.29 is 5.11 Å². The molecule has 1 aromatic carbocycles. The van der Waals surface area contributed by atoms with Gasteiger partial charge in [-0.2, -0.15) is 0 Å². The van der Waals surface area contributed by atoms with Gasteiger partial charge in [0, 0.05) is 6.04 Å². The van der Waals surface area contributed by atoms with Crippen molar-refractivity contribution in [2.45, 2.75) is 58.1 Å². The molecule has 0 bridgehead atoms. The smallest absolute Gasteiger partial charge is 0.0804 e. The normalized spacial score (nSPS) is 25.5. The van der Waals surface area contributed by atoms with Crippen LogP contribution in [0.15, 0.2) is 24.3 Å². The molecular formula is C17H27NO. The highest BCUT2D eigenvalue weighted by molar-refractivity contribution is 5.26. The van der Waals surface area contributed by atoms with Crippen molar-refractivity contribution >= 4 is 0 Å². The van der Waals surface area contributed by atoms with Crippen LogP contribution in [0.2, 0.25) is 0 Å². The molecule has 0 amide bonds. The lowest BCUT2D eigenvalue weighted by Crippen LogP contribution is -2.38. The van der Waals surface area contributed by atoms with Gasteiger partial charge >= 0.3 is 0 Å². The summed E-state index contributed by atoms with van der Waals surface area (Å²) in [4.78, 5) is 0. The Morgan fingerprint density at radius 1 is 1.21 bits per heavy atom. The summed E-state index contributed by atoms with van der Waals surface area (Å²) in [5.74, 6) is 1.33. The number of nitrogens with one attached hydrogen (secondary N) is 1. The zero-order chi connectivity index (χ0) is 13.8. The summed E-state index contributed by atoms with van der Waals surface area (Å²) in [6.07, 6.45) is 2.92. The lowest BCUT2D eigenvalue weighted by Gasteiger charge is -2.29. The van der Waals surface area contributed by atoms with E-state index in [0.717, 1.165) is 24.4 Å². The first-order chi connectivity index (χ1) is 9.06. The molecule has 0 aliphatic carbocycles. The fourth-order valence-corrected chi connectivity index (χ4v) is 2.91. The second kappa shape index (κ2) is 6.53. The highest BCUT2D eigenvalue weighted by Gasteiger charge is 2.21. The highest BCUT2D eigenvalue weighted by Crippen LogP contribution is 2.25. The molecule has 0 aromatic heterocycles. The maximum Gasteiger partial charge on any atom is 0.0804 e. The van der Waals surface area contributed by atoms with E-state index in [2.05, 4.69) is 50.4 Å². The fraction of sp³-hybridized carbons (Fsp3) is 0.647. The van der Waals surface area contributed by atoms with Crippen LogP contribution in [0.1, 0.15) is 63.2 Å². The Hall–Kier alpha value is -0.860. The summed E-state index contributed by atoms with van der Waals surface area (Å²) in [5, 5.41) is 13.9. The van der Waals surface area contributed by atoms with Gasteiger partial charge in [0.2, 0.25) is 0 Å². The number of rotatable bonds is 4. The van der Waals surface area contributed by atoms with Crippen molar-refractivity contribution in [1.82, 2.24) is 5.32 Å². The molecule has 3 unspecified atom stereocenters. The van der Waals surface area contributed by atoms with Gasteiger partial charge in [0.05, 0.1) is 6.10 Å². The molecule has 19 heavy (non-hydrogen) atoms. The first-order valence-corrected chi connectivity index (χ1v) is 7.57. The number of piperidine rings is 1. The van der Waals surface area contributed by atoms with Crippen molar-refractivity contribution in [2.75, 3.05) is 6.54 Å². The molecule has 106 valence electrons. The van der Waals surface area contributed by atoms with E-state index < -0.39 is 0 Å². The Labute approximate surface area is 117 Å². The van der Waals surface area contributed by atoms with Gasteiger partial charge in [-0.05, 0) is 48.8 Å². The van der Waals surface area contributed by atoms with Crippen LogP contribution in [0.3, 0.4) is 0 Å². The fourth-order valence-electron chi connectivity index (χ4n) is 2.91. The van der Waals surface area contributed by atoms with Crippen molar-refractivity contribution in [3.05, 3.63) is 35.4 Å². The predicted octanol–water partition coefficient (Wildman–Crippen LogP) is 3.62. The molecule has 1 fully saturated rings. The Morgan fingerprint density at radius 2 is 1.84 bits per heavy atom. The predicted molar refractivity (Wildman–Crippen MR) is 80.3 cm³/mol. The molecular weight excluding hydrogens is 234 g/mol. The van der Waals surface area contributed by atoms with Crippen molar-refractivity contribution in [3.63, 3.8) is 0 Å². The molecule has 1 aliphatic heterocycles. The monoisotopic (exact) mass is 261 g/mol. The third-order valence-corrected chi connectivity index (χ3v) is 4.25. The number of hydrogen-bond acceptors (Lipinski definition) is 2. The Morgan fingerprint density at radius 3 is 2.42 bits per heavy atom. The van der Waals surface area contributed by atoms with Crippen molar-refractivity contribution in [1.29, 1.82) is 0 Å². The molecule has 2 rings (SSSR count). The number of hydrogen-bond donors (Lipinski definition) is 2. The van der Waals surface area contributed by atoms with E-state index in [4.69, 9.17) is 0 Å². The van der Waals surface area contributed by atoms with E-state index in [-0.39, 0.29) is 6.10 Å². The zero-order valence-corrected chi connectivity index (χ0v) is 12.4. The average molecular weight is 261 g/mol. The number of benzene rings is 1. The topological polar surface area (TPSA) is 32.3 Å². The van der Waals surface area contributed by atoms with Gasteiger partial charge < -0.3 is 10.4 Å². The van der Waals surface area contributed by atoms with Gasteiger partial charge in [-0.3, -0.25) is 0 Å². The quantitative estimate of drug-likeness (QED) is 0.867. The van der Waals surface area contributed by atoms with Crippen LogP contribution >= 0.6 is 0 Å². The summed E-state index contributed by atoms with van der Waals surface area (Å²) in [6, 6.07) is 8.89. The third kappa shape index (κ3) is 4.05. The molecule has 0 saturated carbocycles. The van der Waals surface area contributed by atoms with Gasteiger partial charge in [0.15, 0.2) is 0 Å². The first kappa shape index (κ1) is 14.5. The second-order valence-corrected chi connectivity index (χ2v) is 6.35. The van der Waals surface area contributed by atoms with Crippen molar-refractivity contribution in [3.8, 4) is 0 Å². The highest BCUT2D eigenvalue weighted by atomic mass is 16.3. The van der Waals surface area contributed by atoms with Crippen LogP contribution in [-0.4, -0.2) is 17.7 Å². The molecule has 3 atom stereocenters. The lowest BCUT2D eigenvalue weighted by molar-refractivity contribution is 0.138. The van der Waals surface area contributed by atoms with Gasteiger partial charge in [-0.15, -0.1) is 0 Å². The summed E-state index contributed by atoms with van der Waals surface area (Å²) in [6.45, 7) is 7.78. The molecule has 2 heteroatoms. The van der Waals surface area contributed by atoms with Crippen LogP contribution in [0, 0.1) is 5.92 Å². The number of aliphatic hydroxyl groups excluding tert-OH is 1. The van der Waals surface area contributed by atoms with Gasteiger partial charge in [0.1, 0.15) is 0 Å². The second-order valence-electron chi connectivity index (χ2n) is 6.35. The summed E-state index contributed by atoms with van der Waals surface area (Å²) in [5.41, 5.74) is 2.38. The summed E-state index contributed by atoms with van der Waals surface area (Å²) < 4.78 is 0. The minimum atomic E-state index is -0.344. The van der Waals surface area contributed by atoms with Gasteiger partial charge in [-0.1, -0.05) is 45.0 Å². The van der Waals surface area contributed by atoms with E-state index in [1.165, 1.54) is 18.4 Å². The Kier molecular flexibility index (Phi) is 5.00. The average Bonchev–Trinajstić information content (AvgIpc) is 2.39. The Bertz CT molecular complexity index is 385. The molecule has 1 saturated heterocycles. The SMILES string of the molecule is CC1CCNC(CC(O)c2ccc(C(C)C)cc2)C1. The molecule has 0 radical (unpaired) electrons. The molecule has 2 nitrogen and oxygen atoms in total.